The van der Waals surface area contributed by atoms with Crippen LogP contribution in [0.2, 0.25) is 5.15 Å². The van der Waals surface area contributed by atoms with Crippen LogP contribution in [0.15, 0.2) is 30.3 Å². The van der Waals surface area contributed by atoms with Crippen molar-refractivity contribution in [2.24, 2.45) is 0 Å². The van der Waals surface area contributed by atoms with E-state index in [1.165, 1.54) is 0 Å². The molecule has 0 saturated carbocycles. The van der Waals surface area contributed by atoms with Gasteiger partial charge in [-0.05, 0) is 12.1 Å². The Hall–Kier alpha value is -1.68. The molecule has 72 valence electrons. The number of nitrogens with two attached hydrogens (primary N) is 2. The molecule has 14 heavy (non-hydrogen) atoms. The first-order valence-electron chi connectivity index (χ1n) is 4.05. The third kappa shape index (κ3) is 1.29. The second-order valence-corrected chi connectivity index (χ2v) is 3.18. The number of halogens is 1. The van der Waals surface area contributed by atoms with Crippen molar-refractivity contribution in [2.45, 2.75) is 0 Å². The number of benzene rings is 1. The van der Waals surface area contributed by atoms with Gasteiger partial charge in [-0.15, -0.1) is 0 Å². The van der Waals surface area contributed by atoms with Crippen LogP contribution in [0, 0.1) is 0 Å². The summed E-state index contributed by atoms with van der Waals surface area (Å²) in [5.74, 6) is 0.647. The van der Waals surface area contributed by atoms with Crippen LogP contribution in [0.3, 0.4) is 0 Å². The van der Waals surface area contributed by atoms with Crippen LogP contribution in [0.5, 0.6) is 0 Å². The van der Waals surface area contributed by atoms with Crippen molar-refractivity contribution < 1.29 is 0 Å². The Bertz CT molecular complexity index is 449. The summed E-state index contributed by atoms with van der Waals surface area (Å²) >= 11 is 5.75. The molecule has 0 aliphatic rings. The van der Waals surface area contributed by atoms with Gasteiger partial charge in [0.25, 0.3) is 0 Å². The van der Waals surface area contributed by atoms with Crippen LogP contribution in [0.4, 0.5) is 11.8 Å². The number of nitrogen functional groups attached to an aromatic ring is 2. The molecule has 5 heteroatoms. The Morgan fingerprint density at radius 3 is 2.29 bits per heavy atom. The van der Waals surface area contributed by atoms with E-state index in [-0.39, 0.29) is 5.15 Å². The molecule has 4 N–H and O–H groups in total. The molecule has 0 spiro atoms. The molecule has 4 nitrogen and oxygen atoms in total. The van der Waals surface area contributed by atoms with Gasteiger partial charge < -0.3 is 11.5 Å². The summed E-state index contributed by atoms with van der Waals surface area (Å²) in [6, 6.07) is 9.45. The maximum absolute atomic E-state index is 5.75. The first kappa shape index (κ1) is 8.90. The Kier molecular flexibility index (Phi) is 2.05. The number of aromatic nitrogens is 2. The Morgan fingerprint density at radius 1 is 1.14 bits per heavy atom. The highest BCUT2D eigenvalue weighted by Gasteiger charge is 2.11. The topological polar surface area (TPSA) is 69.9 Å². The zero-order chi connectivity index (χ0) is 10.1. The second-order valence-electron chi connectivity index (χ2n) is 2.82. The minimum absolute atomic E-state index is 0.228. The van der Waals surface area contributed by atoms with Gasteiger partial charge in [-0.3, -0.25) is 4.57 Å². The fourth-order valence-electron chi connectivity index (χ4n) is 1.27. The number of hydrogen-bond donors (Lipinski definition) is 2. The average molecular weight is 209 g/mol. The Labute approximate surface area is 86.1 Å². The third-order valence-electron chi connectivity index (χ3n) is 1.91. The maximum Gasteiger partial charge on any atom is 0.208 e. The van der Waals surface area contributed by atoms with Gasteiger partial charge in [0.15, 0.2) is 5.15 Å². The smallest absolute Gasteiger partial charge is 0.208 e. The lowest BCUT2D eigenvalue weighted by atomic mass is 10.3. The van der Waals surface area contributed by atoms with Crippen molar-refractivity contribution in [3.8, 4) is 5.69 Å². The number of nitrogens with zero attached hydrogens (tertiary/aromatic N) is 2. The lowest BCUT2D eigenvalue weighted by molar-refractivity contribution is 1.08. The van der Waals surface area contributed by atoms with Crippen LogP contribution >= 0.6 is 11.6 Å². The van der Waals surface area contributed by atoms with E-state index in [1.54, 1.807) is 4.57 Å². The van der Waals surface area contributed by atoms with Gasteiger partial charge >= 0.3 is 0 Å². The lowest BCUT2D eigenvalue weighted by Gasteiger charge is -2.05. The molecule has 0 bridgehead atoms. The zero-order valence-corrected chi connectivity index (χ0v) is 8.07. The van der Waals surface area contributed by atoms with E-state index in [2.05, 4.69) is 4.98 Å². The maximum atomic E-state index is 5.75. The van der Waals surface area contributed by atoms with Crippen LogP contribution < -0.4 is 11.5 Å². The molecule has 0 aliphatic carbocycles. The molecule has 1 aromatic heterocycles. The molecule has 0 aliphatic heterocycles. The predicted molar refractivity (Wildman–Crippen MR) is 57.4 cm³/mol. The highest BCUT2D eigenvalue weighted by molar-refractivity contribution is 6.31. The van der Waals surface area contributed by atoms with E-state index < -0.39 is 0 Å². The summed E-state index contributed by atoms with van der Waals surface area (Å²) in [7, 11) is 0. The average Bonchev–Trinajstić information content (AvgIpc) is 2.43. The van der Waals surface area contributed by atoms with Crippen LogP contribution in [0.1, 0.15) is 0 Å². The first-order chi connectivity index (χ1) is 6.70. The van der Waals surface area contributed by atoms with Crippen molar-refractivity contribution in [2.75, 3.05) is 11.5 Å². The second kappa shape index (κ2) is 3.23. The molecule has 0 saturated heterocycles. The highest BCUT2D eigenvalue weighted by atomic mass is 35.5. The number of imidazole rings is 1. The fraction of sp³-hybridized carbons (Fsp3) is 0. The van der Waals surface area contributed by atoms with Crippen molar-refractivity contribution in [1.82, 2.24) is 9.55 Å². The molecule has 1 aromatic carbocycles. The minimum atomic E-state index is 0.228. The van der Waals surface area contributed by atoms with Gasteiger partial charge in [-0.25, -0.2) is 0 Å². The van der Waals surface area contributed by atoms with Crippen molar-refractivity contribution >= 4 is 23.4 Å². The molecule has 0 atom stereocenters. The molecule has 1 heterocycles. The van der Waals surface area contributed by atoms with E-state index in [9.17, 15) is 0 Å². The van der Waals surface area contributed by atoms with Gasteiger partial charge in [-0.2, -0.15) is 4.98 Å². The van der Waals surface area contributed by atoms with Gasteiger partial charge in [-0.1, -0.05) is 29.8 Å². The van der Waals surface area contributed by atoms with Gasteiger partial charge in [0.05, 0.1) is 5.69 Å². The number of rotatable bonds is 1. The molecule has 0 amide bonds. The van der Waals surface area contributed by atoms with Crippen molar-refractivity contribution in [3.63, 3.8) is 0 Å². The summed E-state index contributed by atoms with van der Waals surface area (Å²) in [5.41, 5.74) is 12.2. The minimum Gasteiger partial charge on any atom is -0.382 e. The molecular formula is C9H9ClN4. The zero-order valence-electron chi connectivity index (χ0n) is 7.31. The summed E-state index contributed by atoms with van der Waals surface area (Å²) in [6.45, 7) is 0. The third-order valence-corrected chi connectivity index (χ3v) is 2.19. The summed E-state index contributed by atoms with van der Waals surface area (Å²) in [5, 5.41) is 0.228. The molecule has 2 rings (SSSR count). The molecule has 0 radical (unpaired) electrons. The normalized spacial score (nSPS) is 10.4. The summed E-state index contributed by atoms with van der Waals surface area (Å²) in [6.07, 6.45) is 0. The predicted octanol–water partition coefficient (Wildman–Crippen LogP) is 1.69. The first-order valence-corrected chi connectivity index (χ1v) is 4.42. The molecular weight excluding hydrogens is 200 g/mol. The molecule has 0 unspecified atom stereocenters. The van der Waals surface area contributed by atoms with Gasteiger partial charge in [0, 0.05) is 0 Å². The number of para-hydroxylation sites is 1. The van der Waals surface area contributed by atoms with Gasteiger partial charge in [0.2, 0.25) is 5.95 Å². The monoisotopic (exact) mass is 208 g/mol. The van der Waals surface area contributed by atoms with Crippen molar-refractivity contribution in [1.29, 1.82) is 0 Å². The van der Waals surface area contributed by atoms with Crippen LogP contribution in [-0.2, 0) is 0 Å². The van der Waals surface area contributed by atoms with E-state index in [0.29, 0.717) is 11.8 Å². The standard InChI is InChI=1S/C9H9ClN4/c10-7-8(11)14(9(12)13-7)6-4-2-1-3-5-6/h1-5H,11H2,(H2,12,13). The summed E-state index contributed by atoms with van der Waals surface area (Å²) in [4.78, 5) is 3.87. The largest absolute Gasteiger partial charge is 0.382 e. The SMILES string of the molecule is Nc1nc(Cl)c(N)n1-c1ccccc1. The highest BCUT2D eigenvalue weighted by Crippen LogP contribution is 2.25. The van der Waals surface area contributed by atoms with E-state index in [4.69, 9.17) is 23.1 Å². The lowest BCUT2D eigenvalue weighted by Crippen LogP contribution is -2.03. The van der Waals surface area contributed by atoms with Crippen molar-refractivity contribution in [3.05, 3.63) is 35.5 Å². The Morgan fingerprint density at radius 2 is 1.79 bits per heavy atom. The quantitative estimate of drug-likeness (QED) is 0.749. The fourth-order valence-corrected chi connectivity index (χ4v) is 1.44. The van der Waals surface area contributed by atoms with E-state index >= 15 is 0 Å². The van der Waals surface area contributed by atoms with E-state index in [1.807, 2.05) is 30.3 Å². The van der Waals surface area contributed by atoms with Crippen LogP contribution in [0.25, 0.3) is 5.69 Å². The Balaban J connectivity index is 2.62. The number of anilines is 2. The molecule has 2 aromatic rings. The summed E-state index contributed by atoms with van der Waals surface area (Å²) < 4.78 is 1.60. The number of hydrogen-bond acceptors (Lipinski definition) is 3. The van der Waals surface area contributed by atoms with Crippen LogP contribution in [-0.4, -0.2) is 9.55 Å². The van der Waals surface area contributed by atoms with Gasteiger partial charge in [0.1, 0.15) is 5.82 Å². The van der Waals surface area contributed by atoms with E-state index in [0.717, 1.165) is 5.69 Å². The molecule has 0 fully saturated rings.